The van der Waals surface area contributed by atoms with Crippen molar-refractivity contribution in [3.8, 4) is 0 Å². The number of nitrogens with zero attached hydrogens (tertiary/aromatic N) is 1. The van der Waals surface area contributed by atoms with E-state index in [0.29, 0.717) is 17.7 Å². The molecule has 0 bridgehead atoms. The highest BCUT2D eigenvalue weighted by Gasteiger charge is 2.52. The van der Waals surface area contributed by atoms with Crippen molar-refractivity contribution >= 4 is 23.6 Å². The number of thioether (sulfide) groups is 1. The van der Waals surface area contributed by atoms with Crippen molar-refractivity contribution in [1.82, 2.24) is 10.2 Å². The molecule has 112 valence electrons. The standard InChI is InChI=1S/C15H17FN2O2S/c1-15-7-6-13(19)18(15)12(9-21-15)14(20)17-8-10-4-2-3-5-11(10)16/h2-5,12H,6-9H2,1H3,(H,17,20)/t12-,15-/m1/s1. The van der Waals surface area contributed by atoms with Crippen LogP contribution in [0.25, 0.3) is 0 Å². The van der Waals surface area contributed by atoms with Gasteiger partial charge in [-0.15, -0.1) is 11.8 Å². The largest absolute Gasteiger partial charge is 0.350 e. The predicted octanol–water partition coefficient (Wildman–Crippen LogP) is 1.90. The van der Waals surface area contributed by atoms with Crippen LogP contribution in [0.5, 0.6) is 0 Å². The number of carbonyl (C=O) groups is 2. The second-order valence-corrected chi connectivity index (χ2v) is 7.08. The van der Waals surface area contributed by atoms with E-state index < -0.39 is 6.04 Å². The lowest BCUT2D eigenvalue weighted by Gasteiger charge is -2.29. The van der Waals surface area contributed by atoms with Crippen LogP contribution in [0.4, 0.5) is 4.39 Å². The van der Waals surface area contributed by atoms with Crippen LogP contribution < -0.4 is 5.32 Å². The Morgan fingerprint density at radius 1 is 1.52 bits per heavy atom. The molecule has 0 aromatic heterocycles. The lowest BCUT2D eigenvalue weighted by atomic mass is 10.2. The van der Waals surface area contributed by atoms with E-state index in [1.807, 2.05) is 6.92 Å². The Morgan fingerprint density at radius 3 is 3.05 bits per heavy atom. The fraction of sp³-hybridized carbons (Fsp3) is 0.467. The number of carbonyl (C=O) groups excluding carboxylic acids is 2. The lowest BCUT2D eigenvalue weighted by molar-refractivity contribution is -0.138. The van der Waals surface area contributed by atoms with Gasteiger partial charge in [0, 0.05) is 24.3 Å². The molecule has 6 heteroatoms. The van der Waals surface area contributed by atoms with E-state index in [-0.39, 0.29) is 29.0 Å². The van der Waals surface area contributed by atoms with E-state index in [1.165, 1.54) is 6.07 Å². The molecular formula is C15H17FN2O2S. The fourth-order valence-electron chi connectivity index (χ4n) is 2.96. The third-order valence-corrected chi connectivity index (χ3v) is 5.66. The molecular weight excluding hydrogens is 291 g/mol. The van der Waals surface area contributed by atoms with Gasteiger partial charge < -0.3 is 10.2 Å². The van der Waals surface area contributed by atoms with E-state index in [9.17, 15) is 14.0 Å². The number of hydrogen-bond acceptors (Lipinski definition) is 3. The molecule has 0 radical (unpaired) electrons. The molecule has 2 aliphatic rings. The molecule has 3 rings (SSSR count). The molecule has 0 saturated carbocycles. The fourth-order valence-corrected chi connectivity index (χ4v) is 4.39. The number of nitrogens with one attached hydrogen (secondary N) is 1. The van der Waals surface area contributed by atoms with Gasteiger partial charge >= 0.3 is 0 Å². The van der Waals surface area contributed by atoms with Gasteiger partial charge in [0.05, 0.1) is 4.87 Å². The molecule has 1 aromatic carbocycles. The quantitative estimate of drug-likeness (QED) is 0.928. The van der Waals surface area contributed by atoms with Crippen LogP contribution in [-0.4, -0.2) is 33.4 Å². The summed E-state index contributed by atoms with van der Waals surface area (Å²) in [6.07, 6.45) is 1.29. The molecule has 2 aliphatic heterocycles. The van der Waals surface area contributed by atoms with Gasteiger partial charge in [0.15, 0.2) is 0 Å². The van der Waals surface area contributed by atoms with Gasteiger partial charge in [0.25, 0.3) is 0 Å². The predicted molar refractivity (Wildman–Crippen MR) is 79.0 cm³/mol. The maximum absolute atomic E-state index is 13.5. The highest BCUT2D eigenvalue weighted by Crippen LogP contribution is 2.47. The first-order valence-electron chi connectivity index (χ1n) is 6.98. The molecule has 0 spiro atoms. The van der Waals surface area contributed by atoms with Crippen molar-refractivity contribution < 1.29 is 14.0 Å². The van der Waals surface area contributed by atoms with Crippen molar-refractivity contribution in [2.45, 2.75) is 37.2 Å². The minimum absolute atomic E-state index is 0.0357. The molecule has 2 heterocycles. The Kier molecular flexibility index (Phi) is 3.65. The summed E-state index contributed by atoms with van der Waals surface area (Å²) in [4.78, 5) is 25.7. The SMILES string of the molecule is C[C@@]12CCC(=O)N1[C@@H](C(=O)NCc1ccccc1F)CS2. The average Bonchev–Trinajstić information content (AvgIpc) is 2.95. The van der Waals surface area contributed by atoms with E-state index in [0.717, 1.165) is 6.42 Å². The zero-order valence-electron chi connectivity index (χ0n) is 11.8. The summed E-state index contributed by atoms with van der Waals surface area (Å²) in [5, 5.41) is 2.75. The van der Waals surface area contributed by atoms with Crippen molar-refractivity contribution in [3.05, 3.63) is 35.6 Å². The van der Waals surface area contributed by atoms with Gasteiger partial charge in [0.2, 0.25) is 11.8 Å². The zero-order valence-corrected chi connectivity index (χ0v) is 12.6. The number of halogens is 1. The summed E-state index contributed by atoms with van der Waals surface area (Å²) in [5.41, 5.74) is 0.451. The van der Waals surface area contributed by atoms with E-state index in [4.69, 9.17) is 0 Å². The van der Waals surface area contributed by atoms with Crippen molar-refractivity contribution in [3.63, 3.8) is 0 Å². The molecule has 0 unspecified atom stereocenters. The third kappa shape index (κ3) is 2.52. The van der Waals surface area contributed by atoms with E-state index >= 15 is 0 Å². The van der Waals surface area contributed by atoms with E-state index in [2.05, 4.69) is 5.32 Å². The summed E-state index contributed by atoms with van der Waals surface area (Å²) in [6, 6.07) is 5.92. The van der Waals surface area contributed by atoms with Crippen LogP contribution in [0, 0.1) is 5.82 Å². The van der Waals surface area contributed by atoms with Gasteiger partial charge in [-0.3, -0.25) is 9.59 Å². The maximum Gasteiger partial charge on any atom is 0.243 e. The second kappa shape index (κ2) is 5.33. The highest BCUT2D eigenvalue weighted by molar-refractivity contribution is 8.01. The molecule has 2 fully saturated rings. The van der Waals surface area contributed by atoms with Crippen LogP contribution in [-0.2, 0) is 16.1 Å². The summed E-state index contributed by atoms with van der Waals surface area (Å²) in [7, 11) is 0. The van der Waals surface area contributed by atoms with Crippen LogP contribution in [0.1, 0.15) is 25.3 Å². The molecule has 1 N–H and O–H groups in total. The number of amides is 2. The van der Waals surface area contributed by atoms with Gasteiger partial charge in [-0.2, -0.15) is 0 Å². The Labute approximate surface area is 127 Å². The topological polar surface area (TPSA) is 49.4 Å². The minimum atomic E-state index is -0.443. The Hall–Kier alpha value is -1.56. The molecule has 2 amide bonds. The maximum atomic E-state index is 13.5. The number of hydrogen-bond donors (Lipinski definition) is 1. The molecule has 21 heavy (non-hydrogen) atoms. The van der Waals surface area contributed by atoms with Gasteiger partial charge in [-0.05, 0) is 19.4 Å². The van der Waals surface area contributed by atoms with E-state index in [1.54, 1.807) is 34.9 Å². The van der Waals surface area contributed by atoms with Crippen LogP contribution in [0.2, 0.25) is 0 Å². The first kappa shape index (κ1) is 14.4. The summed E-state index contributed by atoms with van der Waals surface area (Å²) in [6.45, 7) is 2.15. The van der Waals surface area contributed by atoms with Crippen LogP contribution >= 0.6 is 11.8 Å². The zero-order chi connectivity index (χ0) is 15.0. The van der Waals surface area contributed by atoms with Crippen molar-refractivity contribution in [1.29, 1.82) is 0 Å². The molecule has 2 atom stereocenters. The Morgan fingerprint density at radius 2 is 2.29 bits per heavy atom. The highest BCUT2D eigenvalue weighted by atomic mass is 32.2. The Bertz CT molecular complexity index is 595. The molecule has 1 aromatic rings. The number of benzene rings is 1. The monoisotopic (exact) mass is 308 g/mol. The van der Waals surface area contributed by atoms with Crippen LogP contribution in [0.15, 0.2) is 24.3 Å². The molecule has 4 nitrogen and oxygen atoms in total. The first-order valence-corrected chi connectivity index (χ1v) is 7.97. The summed E-state index contributed by atoms with van der Waals surface area (Å²) >= 11 is 1.65. The second-order valence-electron chi connectivity index (χ2n) is 5.57. The number of rotatable bonds is 3. The van der Waals surface area contributed by atoms with Gasteiger partial charge in [-0.25, -0.2) is 4.39 Å². The summed E-state index contributed by atoms with van der Waals surface area (Å²) in [5.74, 6) is 0.102. The molecule has 2 saturated heterocycles. The summed E-state index contributed by atoms with van der Waals surface area (Å²) < 4.78 is 13.5. The normalized spacial score (nSPS) is 27.8. The van der Waals surface area contributed by atoms with Gasteiger partial charge in [0.1, 0.15) is 11.9 Å². The minimum Gasteiger partial charge on any atom is -0.350 e. The number of fused-ring (bicyclic) bond motifs is 1. The van der Waals surface area contributed by atoms with Crippen LogP contribution in [0.3, 0.4) is 0 Å². The third-order valence-electron chi connectivity index (χ3n) is 4.16. The van der Waals surface area contributed by atoms with Crippen molar-refractivity contribution in [2.75, 3.05) is 5.75 Å². The smallest absolute Gasteiger partial charge is 0.243 e. The average molecular weight is 308 g/mol. The first-order chi connectivity index (χ1) is 10.0. The Balaban J connectivity index is 1.67. The van der Waals surface area contributed by atoms with Crippen molar-refractivity contribution in [2.24, 2.45) is 0 Å². The molecule has 0 aliphatic carbocycles. The van der Waals surface area contributed by atoms with Gasteiger partial charge in [-0.1, -0.05) is 18.2 Å². The lowest BCUT2D eigenvalue weighted by Crippen LogP contribution is -2.49.